The zero-order chi connectivity index (χ0) is 16.6. The molecule has 0 aromatic heterocycles. The molecule has 0 aliphatic rings. The molecule has 0 bridgehead atoms. The Kier molecular flexibility index (Phi) is 20.5. The molecule has 0 aromatic carbocycles. The summed E-state index contributed by atoms with van der Waals surface area (Å²) in [5, 5.41) is 71.5. The van der Waals surface area contributed by atoms with E-state index in [9.17, 15) is 39.6 Å². The molecule has 0 spiro atoms. The van der Waals surface area contributed by atoms with Crippen molar-refractivity contribution in [3.05, 3.63) is 0 Å². The van der Waals surface area contributed by atoms with Gasteiger partial charge in [0.25, 0.3) is 0 Å². The summed E-state index contributed by atoms with van der Waals surface area (Å²) in [4.78, 5) is 38.5. The van der Waals surface area contributed by atoms with Crippen LogP contribution in [-0.4, -0.2) is 68.7 Å². The summed E-state index contributed by atoms with van der Waals surface area (Å²) in [5.74, 6) is -8.23. The second-order valence-corrected chi connectivity index (χ2v) is 3.06. The van der Waals surface area contributed by atoms with E-state index >= 15 is 0 Å². The molecule has 0 aromatic rings. The summed E-state index contributed by atoms with van der Waals surface area (Å²) < 4.78 is 0. The average Bonchev–Trinajstić information content (AvgIpc) is 2.35. The molecule has 14 heteroatoms. The van der Waals surface area contributed by atoms with Gasteiger partial charge in [-0.05, 0) is 0 Å². The summed E-state index contributed by atoms with van der Waals surface area (Å²) in [6.07, 6.45) is -9.76. The first-order valence-corrected chi connectivity index (χ1v) is 4.49. The Bertz CT molecular complexity index is 315. The minimum absolute atomic E-state index is 0. The number of carbonyl (C=O) groups excluding carboxylic acids is 4. The average molecular weight is 358 g/mol. The number of hydrogen-bond acceptors (Lipinski definition) is 12. The van der Waals surface area contributed by atoms with Crippen molar-refractivity contribution in [3.8, 4) is 0 Å². The largest absolute Gasteiger partial charge is 1.00 e. The number of aliphatic hydroxyl groups is 4. The van der Waals surface area contributed by atoms with Crippen molar-refractivity contribution in [1.29, 1.82) is 0 Å². The van der Waals surface area contributed by atoms with Crippen LogP contribution in [0.4, 0.5) is 0 Å². The van der Waals surface area contributed by atoms with Gasteiger partial charge >= 0.3 is 80.9 Å². The van der Waals surface area contributed by atoms with E-state index in [0.717, 1.165) is 0 Å². The molecule has 0 heterocycles. The number of carboxylic acid groups (broad SMARTS) is 4. The molecule has 12 nitrogen and oxygen atoms in total. The first-order chi connectivity index (χ1) is 8.93. The molecule has 0 fully saturated rings. The van der Waals surface area contributed by atoms with Crippen LogP contribution in [0, 0.1) is 0 Å². The number of aliphatic hydroxyl groups excluding tert-OH is 4. The van der Waals surface area contributed by atoms with Crippen molar-refractivity contribution in [1.82, 2.24) is 0 Å². The minimum atomic E-state index is -2.44. The van der Waals surface area contributed by atoms with E-state index < -0.39 is 48.3 Å². The van der Waals surface area contributed by atoms with Gasteiger partial charge in [0.15, 0.2) is 0 Å². The van der Waals surface area contributed by atoms with Crippen LogP contribution in [0.3, 0.4) is 0 Å². The van der Waals surface area contributed by atoms with Crippen molar-refractivity contribution < 1.29 is 141 Å². The Hall–Kier alpha value is 0.356. The van der Waals surface area contributed by atoms with E-state index in [0.29, 0.717) is 0 Å². The second-order valence-electron chi connectivity index (χ2n) is 3.06. The van der Waals surface area contributed by atoms with Crippen LogP contribution in [-0.2, 0) is 19.2 Å². The van der Waals surface area contributed by atoms with Crippen LogP contribution in [0.15, 0.2) is 0 Å². The summed E-state index contributed by atoms with van der Waals surface area (Å²) in [5.41, 5.74) is 0. The maximum Gasteiger partial charge on any atom is 1.00 e. The Labute approximate surface area is 187 Å². The molecular weight excluding hydrogens is 350 g/mol. The molecule has 0 saturated carbocycles. The first-order valence-electron chi connectivity index (χ1n) is 4.49. The van der Waals surface area contributed by atoms with Gasteiger partial charge in [-0.3, -0.25) is 0 Å². The fourth-order valence-corrected chi connectivity index (χ4v) is 0.516. The van der Waals surface area contributed by atoms with E-state index in [1.165, 1.54) is 0 Å². The molecular formula is C8H8KNaO12-2. The third kappa shape index (κ3) is 12.9. The van der Waals surface area contributed by atoms with Crippen LogP contribution in [0.25, 0.3) is 0 Å². The van der Waals surface area contributed by atoms with Gasteiger partial charge in [-0.15, -0.1) is 0 Å². The van der Waals surface area contributed by atoms with Crippen molar-refractivity contribution >= 4 is 23.9 Å². The van der Waals surface area contributed by atoms with Gasteiger partial charge in [-0.25, -0.2) is 0 Å². The zero-order valence-corrected chi connectivity index (χ0v) is 16.5. The summed E-state index contributed by atoms with van der Waals surface area (Å²) in [7, 11) is 0. The summed E-state index contributed by atoms with van der Waals surface area (Å²) in [6.45, 7) is 0. The van der Waals surface area contributed by atoms with Crippen LogP contribution in [0.1, 0.15) is 0 Å². The molecule has 4 N–H and O–H groups in total. The van der Waals surface area contributed by atoms with E-state index in [4.69, 9.17) is 20.4 Å². The van der Waals surface area contributed by atoms with Crippen LogP contribution >= 0.6 is 0 Å². The Morgan fingerprint density at radius 3 is 0.682 bits per heavy atom. The number of aliphatic carboxylic acids is 4. The molecule has 116 valence electrons. The fraction of sp³-hybridized carbons (Fsp3) is 0.500. The quantitative estimate of drug-likeness (QED) is 0.323. The maximum absolute atomic E-state index is 9.63. The summed E-state index contributed by atoms with van der Waals surface area (Å²) in [6, 6.07) is 0. The predicted octanol–water partition coefficient (Wildman–Crippen LogP) is -15.6. The third-order valence-corrected chi connectivity index (χ3v) is 1.56. The Balaban J connectivity index is -0.000000135. The van der Waals surface area contributed by atoms with Gasteiger partial charge in [0, 0.05) is 0 Å². The third-order valence-electron chi connectivity index (χ3n) is 1.56. The SMILES string of the molecule is O=C([O-])C(O)C(O)C(=O)[O-].O=C([O-])C(O)C(O)C(=O)[O-].[K+].[Na+]. The molecule has 0 aliphatic heterocycles. The molecule has 22 heavy (non-hydrogen) atoms. The predicted molar refractivity (Wildman–Crippen MR) is 44.1 cm³/mol. The molecule has 4 atom stereocenters. The number of carboxylic acids is 4. The van der Waals surface area contributed by atoms with Crippen molar-refractivity contribution in [2.24, 2.45) is 0 Å². The van der Waals surface area contributed by atoms with Crippen LogP contribution in [0.5, 0.6) is 0 Å². The van der Waals surface area contributed by atoms with Gasteiger partial charge < -0.3 is 60.0 Å². The van der Waals surface area contributed by atoms with Crippen molar-refractivity contribution in [2.75, 3.05) is 0 Å². The van der Waals surface area contributed by atoms with E-state index in [-0.39, 0.29) is 80.9 Å². The number of rotatable bonds is 6. The van der Waals surface area contributed by atoms with Crippen LogP contribution in [0.2, 0.25) is 0 Å². The minimum Gasteiger partial charge on any atom is -0.547 e. The Morgan fingerprint density at radius 2 is 0.636 bits per heavy atom. The van der Waals surface area contributed by atoms with Crippen molar-refractivity contribution in [3.63, 3.8) is 0 Å². The monoisotopic (exact) mass is 358 g/mol. The maximum atomic E-state index is 9.63. The number of hydrogen-bond donors (Lipinski definition) is 4. The van der Waals surface area contributed by atoms with Gasteiger partial charge in [0.1, 0.15) is 24.4 Å². The number of carbonyl (C=O) groups is 4. The van der Waals surface area contributed by atoms with Gasteiger partial charge in [-0.2, -0.15) is 0 Å². The second kappa shape index (κ2) is 14.9. The topological polar surface area (TPSA) is 241 Å². The van der Waals surface area contributed by atoms with Gasteiger partial charge in [0.2, 0.25) is 0 Å². The van der Waals surface area contributed by atoms with Gasteiger partial charge in [0.05, 0.1) is 23.9 Å². The molecule has 0 amide bonds. The van der Waals surface area contributed by atoms with E-state index in [1.807, 2.05) is 0 Å². The van der Waals surface area contributed by atoms with E-state index in [2.05, 4.69) is 0 Å². The molecule has 4 unspecified atom stereocenters. The van der Waals surface area contributed by atoms with Crippen LogP contribution < -0.4 is 101 Å². The van der Waals surface area contributed by atoms with Gasteiger partial charge in [-0.1, -0.05) is 0 Å². The zero-order valence-electron chi connectivity index (χ0n) is 11.4. The molecule has 0 radical (unpaired) electrons. The molecule has 0 saturated heterocycles. The normalized spacial score (nSPS) is 14.4. The summed E-state index contributed by atoms with van der Waals surface area (Å²) >= 11 is 0. The molecule has 0 aliphatic carbocycles. The van der Waals surface area contributed by atoms with Crippen molar-refractivity contribution in [2.45, 2.75) is 24.4 Å². The smallest absolute Gasteiger partial charge is 0.547 e. The Morgan fingerprint density at radius 1 is 0.545 bits per heavy atom. The fourth-order valence-electron chi connectivity index (χ4n) is 0.516. The standard InChI is InChI=1S/2C4H6O6.K.Na/c2*5-1(3(7)8)2(6)4(9)10;;/h2*1-2,5-6H,(H,7,8)(H,9,10);;/q;;2*+1/p-4. The first kappa shape index (κ1) is 30.3. The molecule has 0 rings (SSSR count). The van der Waals surface area contributed by atoms with E-state index in [1.54, 1.807) is 0 Å².